The minimum atomic E-state index is 0.580. The van der Waals surface area contributed by atoms with E-state index in [1.165, 1.54) is 32.1 Å². The van der Waals surface area contributed by atoms with Crippen molar-refractivity contribution in [3.63, 3.8) is 0 Å². The highest BCUT2D eigenvalue weighted by Gasteiger charge is 2.09. The average Bonchev–Trinajstić information content (AvgIpc) is 2.27. The normalized spacial score (nSPS) is 16.6. The Morgan fingerprint density at radius 2 is 1.88 bits per heavy atom. The Bertz CT molecular complexity index is 402. The molecule has 16 heavy (non-hydrogen) atoms. The summed E-state index contributed by atoms with van der Waals surface area (Å²) in [6.45, 7) is 0. The summed E-state index contributed by atoms with van der Waals surface area (Å²) in [7, 11) is 0. The molecule has 2 rings (SSSR count). The van der Waals surface area contributed by atoms with E-state index in [-0.39, 0.29) is 0 Å². The van der Waals surface area contributed by atoms with Gasteiger partial charge in [-0.05, 0) is 31.0 Å². The summed E-state index contributed by atoms with van der Waals surface area (Å²) in [5, 5.41) is 0.709. The van der Waals surface area contributed by atoms with Crippen LogP contribution in [0.3, 0.4) is 0 Å². The summed E-state index contributed by atoms with van der Waals surface area (Å²) in [6, 6.07) is 5.69. The Labute approximate surface area is 108 Å². The molecule has 2 heteroatoms. The largest absolute Gasteiger partial charge is 0.143 e. The number of benzene rings is 1. The zero-order chi connectivity index (χ0) is 11.4. The maximum atomic E-state index is 5.95. The molecule has 0 unspecified atom stereocenters. The van der Waals surface area contributed by atoms with Crippen LogP contribution in [-0.4, -0.2) is 0 Å². The van der Waals surface area contributed by atoms with Crippen LogP contribution >= 0.6 is 24.2 Å². The first kappa shape index (κ1) is 11.9. The Kier molecular flexibility index (Phi) is 4.21. The van der Waals surface area contributed by atoms with E-state index in [1.54, 1.807) is 0 Å². The smallest absolute Gasteiger partial charge is 0.0429 e. The predicted molar refractivity (Wildman–Crippen MR) is 72.2 cm³/mol. The SMILES string of the molecule is Sc1cc(Cl)cc(C#CC2CCCCC2)c1. The fourth-order valence-electron chi connectivity index (χ4n) is 2.08. The second kappa shape index (κ2) is 5.66. The van der Waals surface area contributed by atoms with E-state index in [4.69, 9.17) is 11.6 Å². The molecule has 0 N–H and O–H groups in total. The number of thiol groups is 1. The molecule has 84 valence electrons. The maximum absolute atomic E-state index is 5.95. The molecule has 0 aliphatic heterocycles. The molecule has 0 saturated heterocycles. The van der Waals surface area contributed by atoms with E-state index >= 15 is 0 Å². The molecule has 0 atom stereocenters. The van der Waals surface area contributed by atoms with Crippen molar-refractivity contribution in [1.29, 1.82) is 0 Å². The van der Waals surface area contributed by atoms with Crippen LogP contribution in [0.2, 0.25) is 5.02 Å². The molecule has 0 radical (unpaired) electrons. The standard InChI is InChI=1S/C14H15ClS/c15-13-8-12(9-14(16)10-13)7-6-11-4-2-1-3-5-11/h8-11,16H,1-5H2. The number of hydrogen-bond acceptors (Lipinski definition) is 1. The molecule has 0 bridgehead atoms. The monoisotopic (exact) mass is 250 g/mol. The highest BCUT2D eigenvalue weighted by atomic mass is 35.5. The van der Waals surface area contributed by atoms with Crippen molar-refractivity contribution in [2.24, 2.45) is 5.92 Å². The molecule has 1 aliphatic carbocycles. The minimum absolute atomic E-state index is 0.580. The molecule has 0 heterocycles. The third-order valence-electron chi connectivity index (χ3n) is 2.91. The molecule has 1 aromatic rings. The predicted octanol–water partition coefficient (Wildman–Crippen LogP) is 4.56. The van der Waals surface area contributed by atoms with Gasteiger partial charge in [0.25, 0.3) is 0 Å². The van der Waals surface area contributed by atoms with Gasteiger partial charge in [-0.25, -0.2) is 0 Å². The van der Waals surface area contributed by atoms with Gasteiger partial charge in [-0.2, -0.15) is 0 Å². The van der Waals surface area contributed by atoms with Gasteiger partial charge in [0.15, 0.2) is 0 Å². The van der Waals surface area contributed by atoms with Gasteiger partial charge >= 0.3 is 0 Å². The fraction of sp³-hybridized carbons (Fsp3) is 0.429. The number of hydrogen-bond donors (Lipinski definition) is 1. The summed E-state index contributed by atoms with van der Waals surface area (Å²) in [5.74, 6) is 7.14. The molecular formula is C14H15ClS. The van der Waals surface area contributed by atoms with Gasteiger partial charge in [0.2, 0.25) is 0 Å². The molecule has 0 spiro atoms. The molecule has 1 fully saturated rings. The van der Waals surface area contributed by atoms with Gasteiger partial charge < -0.3 is 0 Å². The first-order valence-corrected chi connectivity index (χ1v) is 6.57. The van der Waals surface area contributed by atoms with Crippen molar-refractivity contribution in [2.45, 2.75) is 37.0 Å². The lowest BCUT2D eigenvalue weighted by Crippen LogP contribution is -2.02. The lowest BCUT2D eigenvalue weighted by Gasteiger charge is -2.15. The molecule has 0 nitrogen and oxygen atoms in total. The van der Waals surface area contributed by atoms with Gasteiger partial charge in [0.05, 0.1) is 0 Å². The van der Waals surface area contributed by atoms with E-state index in [0.29, 0.717) is 10.9 Å². The van der Waals surface area contributed by atoms with Gasteiger partial charge in [-0.1, -0.05) is 42.7 Å². The van der Waals surface area contributed by atoms with Gasteiger partial charge in [0.1, 0.15) is 0 Å². The van der Waals surface area contributed by atoms with E-state index in [0.717, 1.165) is 10.5 Å². The zero-order valence-electron chi connectivity index (χ0n) is 9.17. The van der Waals surface area contributed by atoms with E-state index in [1.807, 2.05) is 18.2 Å². The fourth-order valence-corrected chi connectivity index (χ4v) is 2.67. The average molecular weight is 251 g/mol. The van der Waals surface area contributed by atoms with Crippen molar-refractivity contribution in [1.82, 2.24) is 0 Å². The van der Waals surface area contributed by atoms with Crippen LogP contribution < -0.4 is 0 Å². The second-order valence-electron chi connectivity index (χ2n) is 4.30. The van der Waals surface area contributed by atoms with Gasteiger partial charge in [-0.3, -0.25) is 0 Å². The molecule has 1 aromatic carbocycles. The van der Waals surface area contributed by atoms with Crippen molar-refractivity contribution in [2.75, 3.05) is 0 Å². The number of halogens is 1. The second-order valence-corrected chi connectivity index (χ2v) is 5.26. The molecule has 1 aliphatic rings. The minimum Gasteiger partial charge on any atom is -0.143 e. The summed E-state index contributed by atoms with van der Waals surface area (Å²) < 4.78 is 0. The third kappa shape index (κ3) is 3.47. The Balaban J connectivity index is 2.10. The van der Waals surface area contributed by atoms with Gasteiger partial charge in [0, 0.05) is 21.4 Å². The number of rotatable bonds is 0. The summed E-state index contributed by atoms with van der Waals surface area (Å²) in [5.41, 5.74) is 0.975. The Hall–Kier alpha value is -0.580. The lowest BCUT2D eigenvalue weighted by molar-refractivity contribution is 0.430. The topological polar surface area (TPSA) is 0 Å². The first-order chi connectivity index (χ1) is 7.74. The van der Waals surface area contributed by atoms with E-state index < -0.39 is 0 Å². The summed E-state index contributed by atoms with van der Waals surface area (Å²) in [4.78, 5) is 0.875. The Morgan fingerprint density at radius 3 is 2.56 bits per heavy atom. The highest BCUT2D eigenvalue weighted by molar-refractivity contribution is 7.80. The van der Waals surface area contributed by atoms with Crippen LogP contribution in [0.1, 0.15) is 37.7 Å². The van der Waals surface area contributed by atoms with E-state index in [2.05, 4.69) is 24.5 Å². The maximum Gasteiger partial charge on any atom is 0.0429 e. The summed E-state index contributed by atoms with van der Waals surface area (Å²) >= 11 is 10.2. The van der Waals surface area contributed by atoms with Crippen LogP contribution in [-0.2, 0) is 0 Å². The third-order valence-corrected chi connectivity index (χ3v) is 3.38. The quantitative estimate of drug-likeness (QED) is 0.507. The van der Waals surface area contributed by atoms with Crippen LogP contribution in [0, 0.1) is 17.8 Å². The summed E-state index contributed by atoms with van der Waals surface area (Å²) in [6.07, 6.45) is 6.53. The van der Waals surface area contributed by atoms with Crippen LogP contribution in [0.4, 0.5) is 0 Å². The van der Waals surface area contributed by atoms with Crippen molar-refractivity contribution >= 4 is 24.2 Å². The lowest BCUT2D eigenvalue weighted by atomic mass is 9.90. The van der Waals surface area contributed by atoms with Crippen molar-refractivity contribution in [3.8, 4) is 11.8 Å². The Morgan fingerprint density at radius 1 is 1.12 bits per heavy atom. The molecule has 0 amide bonds. The first-order valence-electron chi connectivity index (χ1n) is 5.75. The van der Waals surface area contributed by atoms with E-state index in [9.17, 15) is 0 Å². The van der Waals surface area contributed by atoms with Gasteiger partial charge in [-0.15, -0.1) is 12.6 Å². The highest BCUT2D eigenvalue weighted by Crippen LogP contribution is 2.23. The van der Waals surface area contributed by atoms with Crippen LogP contribution in [0.25, 0.3) is 0 Å². The molecule has 1 saturated carbocycles. The van der Waals surface area contributed by atoms with Crippen molar-refractivity contribution < 1.29 is 0 Å². The molecule has 0 aromatic heterocycles. The van der Waals surface area contributed by atoms with Crippen molar-refractivity contribution in [3.05, 3.63) is 28.8 Å². The van der Waals surface area contributed by atoms with Crippen LogP contribution in [0.15, 0.2) is 23.1 Å². The zero-order valence-corrected chi connectivity index (χ0v) is 10.8. The van der Waals surface area contributed by atoms with Crippen LogP contribution in [0.5, 0.6) is 0 Å². The molecular weight excluding hydrogens is 236 g/mol.